The first kappa shape index (κ1) is 24.7. The van der Waals surface area contributed by atoms with E-state index in [1.54, 1.807) is 11.3 Å². The Hall–Kier alpha value is -1.98. The van der Waals surface area contributed by atoms with Gasteiger partial charge in [0.1, 0.15) is 5.56 Å². The van der Waals surface area contributed by atoms with E-state index < -0.39 is 10.8 Å². The van der Waals surface area contributed by atoms with E-state index in [2.05, 4.69) is 37.1 Å². The first-order valence-corrected chi connectivity index (χ1v) is 11.6. The maximum atomic E-state index is 12.4. The summed E-state index contributed by atoms with van der Waals surface area (Å²) < 4.78 is 2.20. The summed E-state index contributed by atoms with van der Waals surface area (Å²) in [7, 11) is 0. The number of nitro benzene ring substituents is 1. The van der Waals surface area contributed by atoms with Gasteiger partial charge in [0.25, 0.3) is 11.6 Å². The van der Waals surface area contributed by atoms with Crippen LogP contribution in [-0.2, 0) is 0 Å². The highest BCUT2D eigenvalue weighted by Gasteiger charge is 2.22. The Labute approximate surface area is 208 Å². The Morgan fingerprint density at radius 2 is 1.97 bits per heavy atom. The van der Waals surface area contributed by atoms with Gasteiger partial charge in [-0.2, -0.15) is 0 Å². The van der Waals surface area contributed by atoms with E-state index in [4.69, 9.17) is 16.6 Å². The molecule has 1 saturated heterocycles. The second kappa shape index (κ2) is 10.8. The van der Waals surface area contributed by atoms with Crippen LogP contribution in [0, 0.1) is 10.1 Å². The van der Waals surface area contributed by atoms with Crippen LogP contribution in [0.5, 0.6) is 0 Å². The lowest BCUT2D eigenvalue weighted by Crippen LogP contribution is -2.48. The van der Waals surface area contributed by atoms with E-state index in [1.807, 2.05) is 12.1 Å². The van der Waals surface area contributed by atoms with Crippen molar-refractivity contribution in [3.63, 3.8) is 0 Å². The van der Waals surface area contributed by atoms with Crippen molar-refractivity contribution in [3.8, 4) is 0 Å². The number of rotatable bonds is 6. The Morgan fingerprint density at radius 1 is 1.22 bits per heavy atom. The normalized spacial score (nSPS) is 14.2. The van der Waals surface area contributed by atoms with Gasteiger partial charge < -0.3 is 10.2 Å². The van der Waals surface area contributed by atoms with Crippen LogP contribution in [0.4, 0.5) is 10.8 Å². The number of hydrogen-bond acceptors (Lipinski definition) is 7. The molecular formula is C20H20BrCl2N5O3S. The summed E-state index contributed by atoms with van der Waals surface area (Å²) in [6.45, 7) is 4.49. The summed E-state index contributed by atoms with van der Waals surface area (Å²) in [5, 5.41) is 15.2. The van der Waals surface area contributed by atoms with Gasteiger partial charge in [-0.15, -0.1) is 12.4 Å². The van der Waals surface area contributed by atoms with Crippen LogP contribution in [0.3, 0.4) is 0 Å². The molecule has 2 aromatic carbocycles. The van der Waals surface area contributed by atoms with Gasteiger partial charge in [-0.25, -0.2) is 4.98 Å². The predicted octanol–water partition coefficient (Wildman–Crippen LogP) is 4.59. The third kappa shape index (κ3) is 5.68. The zero-order valence-corrected chi connectivity index (χ0v) is 20.8. The molecule has 0 saturated carbocycles. The lowest BCUT2D eigenvalue weighted by atomic mass is 10.1. The standard InChI is InChI=1S/C20H19BrClN5O3S.ClH/c21-13-1-3-16-18(11-13)31-20(24-16)26-9-7-25(8-10-26)6-5-23-19(28)15-12-14(22)2-4-17(15)27(29)30;/h1-4,11-12H,5-10H2,(H,23,28);1H. The summed E-state index contributed by atoms with van der Waals surface area (Å²) in [6.07, 6.45) is 0. The number of benzene rings is 2. The minimum absolute atomic E-state index is 0. The molecule has 4 rings (SSSR count). The Morgan fingerprint density at radius 3 is 2.69 bits per heavy atom. The summed E-state index contributed by atoms with van der Waals surface area (Å²) in [5.74, 6) is -0.492. The number of halogens is 3. The van der Waals surface area contributed by atoms with Crippen LogP contribution in [0.1, 0.15) is 10.4 Å². The van der Waals surface area contributed by atoms with E-state index in [-0.39, 0.29) is 28.7 Å². The molecule has 32 heavy (non-hydrogen) atoms. The lowest BCUT2D eigenvalue weighted by Gasteiger charge is -2.34. The number of hydrogen-bond donors (Lipinski definition) is 1. The SMILES string of the molecule is Cl.O=C(NCCN1CCN(c2nc3ccc(Br)cc3s2)CC1)c1cc(Cl)ccc1[N+](=O)[O-]. The Balaban J connectivity index is 0.00000289. The molecule has 3 aromatic rings. The molecular weight excluding hydrogens is 541 g/mol. The van der Waals surface area contributed by atoms with Crippen LogP contribution in [0.15, 0.2) is 40.9 Å². The third-order valence-electron chi connectivity index (χ3n) is 5.10. The highest BCUT2D eigenvalue weighted by atomic mass is 79.9. The highest BCUT2D eigenvalue weighted by Crippen LogP contribution is 2.31. The molecule has 1 aliphatic rings. The number of carbonyl (C=O) groups excluding carboxylic acids is 1. The average molecular weight is 561 g/mol. The molecule has 0 radical (unpaired) electrons. The number of piperazine rings is 1. The van der Waals surface area contributed by atoms with Gasteiger partial charge in [-0.1, -0.05) is 38.9 Å². The first-order valence-electron chi connectivity index (χ1n) is 9.66. The Bertz CT molecular complexity index is 1140. The number of amides is 1. The van der Waals surface area contributed by atoms with Gasteiger partial charge in [0.2, 0.25) is 0 Å². The van der Waals surface area contributed by atoms with Crippen LogP contribution < -0.4 is 10.2 Å². The van der Waals surface area contributed by atoms with Crippen molar-refractivity contribution in [3.05, 3.63) is 61.6 Å². The fourth-order valence-corrected chi connectivity index (χ4v) is 5.20. The summed E-state index contributed by atoms with van der Waals surface area (Å²) >= 11 is 11.1. The number of nitro groups is 1. The minimum atomic E-state index is -0.578. The Kier molecular flexibility index (Phi) is 8.29. The van der Waals surface area contributed by atoms with Crippen molar-refractivity contribution >= 4 is 78.2 Å². The van der Waals surface area contributed by atoms with E-state index in [1.165, 1.54) is 18.2 Å². The van der Waals surface area contributed by atoms with E-state index in [0.29, 0.717) is 13.1 Å². The van der Waals surface area contributed by atoms with Crippen molar-refractivity contribution in [2.75, 3.05) is 44.2 Å². The number of nitrogens with one attached hydrogen (secondary N) is 1. The van der Waals surface area contributed by atoms with Crippen molar-refractivity contribution in [2.45, 2.75) is 0 Å². The van der Waals surface area contributed by atoms with Gasteiger partial charge >= 0.3 is 0 Å². The summed E-state index contributed by atoms with van der Waals surface area (Å²) in [5.41, 5.74) is 0.728. The second-order valence-corrected chi connectivity index (χ2v) is 9.47. The van der Waals surface area contributed by atoms with Crippen LogP contribution in [-0.4, -0.2) is 60.0 Å². The predicted molar refractivity (Wildman–Crippen MR) is 134 cm³/mol. The molecule has 0 bridgehead atoms. The minimum Gasteiger partial charge on any atom is -0.351 e. The molecule has 1 N–H and O–H groups in total. The van der Waals surface area contributed by atoms with E-state index in [0.717, 1.165) is 46.0 Å². The van der Waals surface area contributed by atoms with E-state index >= 15 is 0 Å². The summed E-state index contributed by atoms with van der Waals surface area (Å²) in [6, 6.07) is 10.1. The number of fused-ring (bicyclic) bond motifs is 1. The summed E-state index contributed by atoms with van der Waals surface area (Å²) in [4.78, 5) is 32.2. The highest BCUT2D eigenvalue weighted by molar-refractivity contribution is 9.10. The fraction of sp³-hybridized carbons (Fsp3) is 0.300. The molecule has 8 nitrogen and oxygen atoms in total. The van der Waals surface area contributed by atoms with Crippen molar-refractivity contribution in [2.24, 2.45) is 0 Å². The molecule has 1 fully saturated rings. The smallest absolute Gasteiger partial charge is 0.282 e. The second-order valence-electron chi connectivity index (χ2n) is 7.11. The van der Waals surface area contributed by atoms with Gasteiger partial charge in [0.05, 0.1) is 15.1 Å². The molecule has 0 atom stereocenters. The molecule has 1 amide bonds. The van der Waals surface area contributed by atoms with Gasteiger partial charge in [-0.3, -0.25) is 19.8 Å². The molecule has 1 aromatic heterocycles. The zero-order valence-electron chi connectivity index (χ0n) is 16.8. The van der Waals surface area contributed by atoms with Crippen molar-refractivity contribution in [1.82, 2.24) is 15.2 Å². The number of aromatic nitrogens is 1. The number of anilines is 1. The maximum absolute atomic E-state index is 12.4. The number of carbonyl (C=O) groups is 1. The van der Waals surface area contributed by atoms with Gasteiger partial charge in [-0.05, 0) is 30.3 Å². The lowest BCUT2D eigenvalue weighted by molar-refractivity contribution is -0.385. The number of thiazole rings is 1. The molecule has 170 valence electrons. The quantitative estimate of drug-likeness (QED) is 0.350. The van der Waals surface area contributed by atoms with Crippen LogP contribution in [0.2, 0.25) is 5.02 Å². The molecule has 0 unspecified atom stereocenters. The molecule has 0 aliphatic carbocycles. The molecule has 2 heterocycles. The topological polar surface area (TPSA) is 91.6 Å². The molecule has 0 spiro atoms. The first-order chi connectivity index (χ1) is 14.9. The van der Waals surface area contributed by atoms with Crippen LogP contribution >= 0.6 is 51.3 Å². The van der Waals surface area contributed by atoms with Crippen LogP contribution in [0.25, 0.3) is 10.2 Å². The maximum Gasteiger partial charge on any atom is 0.282 e. The van der Waals surface area contributed by atoms with Crippen molar-refractivity contribution < 1.29 is 9.72 Å². The average Bonchev–Trinajstić information content (AvgIpc) is 3.17. The third-order valence-corrected chi connectivity index (χ3v) is 6.90. The van der Waals surface area contributed by atoms with E-state index in [9.17, 15) is 14.9 Å². The fourth-order valence-electron chi connectivity index (χ4n) is 3.46. The monoisotopic (exact) mass is 559 g/mol. The molecule has 1 aliphatic heterocycles. The zero-order chi connectivity index (χ0) is 22.0. The number of nitrogens with zero attached hydrogens (tertiary/aromatic N) is 4. The van der Waals surface area contributed by atoms with Gasteiger partial charge in [0, 0.05) is 54.8 Å². The largest absolute Gasteiger partial charge is 0.351 e. The van der Waals surface area contributed by atoms with Crippen molar-refractivity contribution in [1.29, 1.82) is 0 Å². The van der Waals surface area contributed by atoms with Gasteiger partial charge in [0.15, 0.2) is 5.13 Å². The molecule has 12 heteroatoms.